The highest BCUT2D eigenvalue weighted by Gasteiger charge is 2.37. The van der Waals surface area contributed by atoms with Crippen LogP contribution in [0.1, 0.15) is 24.0 Å². The highest BCUT2D eigenvalue weighted by atomic mass is 16.5. The number of rotatable bonds is 4. The minimum atomic E-state index is -0.0346. The number of allylic oxidation sites excluding steroid dienone is 1. The fourth-order valence-electron chi connectivity index (χ4n) is 4.02. The zero-order valence-electron chi connectivity index (χ0n) is 17.4. The van der Waals surface area contributed by atoms with Crippen LogP contribution in [0.3, 0.4) is 0 Å². The molecule has 1 unspecified atom stereocenters. The second-order valence-corrected chi connectivity index (χ2v) is 7.63. The second kappa shape index (κ2) is 6.98. The summed E-state index contributed by atoms with van der Waals surface area (Å²) < 4.78 is 7.12. The number of hydrazone groups is 2. The normalized spacial score (nSPS) is 19.0. The van der Waals surface area contributed by atoms with Gasteiger partial charge in [-0.2, -0.15) is 15.3 Å². The molecule has 0 fully saturated rings. The van der Waals surface area contributed by atoms with Crippen LogP contribution in [-0.4, -0.2) is 56.7 Å². The molecule has 4 heterocycles. The zero-order chi connectivity index (χ0) is 20.8. The van der Waals surface area contributed by atoms with E-state index in [-0.39, 0.29) is 12.1 Å². The molecule has 0 spiro atoms. The highest BCUT2D eigenvalue weighted by molar-refractivity contribution is 6.14. The van der Waals surface area contributed by atoms with Crippen LogP contribution in [0.5, 0.6) is 5.75 Å². The van der Waals surface area contributed by atoms with Crippen LogP contribution in [0.4, 0.5) is 0 Å². The van der Waals surface area contributed by atoms with Crippen molar-refractivity contribution in [2.24, 2.45) is 17.3 Å². The van der Waals surface area contributed by atoms with Crippen LogP contribution in [0, 0.1) is 0 Å². The van der Waals surface area contributed by atoms with Crippen molar-refractivity contribution in [3.05, 3.63) is 66.1 Å². The van der Waals surface area contributed by atoms with Gasteiger partial charge < -0.3 is 4.74 Å². The van der Waals surface area contributed by atoms with Gasteiger partial charge in [0.2, 0.25) is 0 Å². The summed E-state index contributed by atoms with van der Waals surface area (Å²) >= 11 is 0. The first-order chi connectivity index (χ1) is 14.5. The minimum absolute atomic E-state index is 0.0346. The van der Waals surface area contributed by atoms with Gasteiger partial charge in [-0.25, -0.2) is 5.01 Å². The van der Waals surface area contributed by atoms with Gasteiger partial charge in [-0.1, -0.05) is 13.0 Å². The maximum Gasteiger partial charge on any atom is 0.171 e. The lowest BCUT2D eigenvalue weighted by molar-refractivity contribution is 0.138. The number of benzene rings is 1. The molecule has 8 heteroatoms. The van der Waals surface area contributed by atoms with E-state index in [0.29, 0.717) is 0 Å². The maximum atomic E-state index is 5.34. The smallest absolute Gasteiger partial charge is 0.171 e. The molecule has 0 bridgehead atoms. The molecule has 152 valence electrons. The molecule has 30 heavy (non-hydrogen) atoms. The van der Waals surface area contributed by atoms with E-state index in [0.717, 1.165) is 33.8 Å². The van der Waals surface area contributed by atoms with E-state index < -0.39 is 0 Å². The third-order valence-electron chi connectivity index (χ3n) is 5.62. The summed E-state index contributed by atoms with van der Waals surface area (Å²) in [5.41, 5.74) is 4.00. The van der Waals surface area contributed by atoms with E-state index in [1.54, 1.807) is 18.0 Å². The van der Waals surface area contributed by atoms with E-state index in [9.17, 15) is 0 Å². The van der Waals surface area contributed by atoms with Crippen LogP contribution < -0.4 is 4.74 Å². The van der Waals surface area contributed by atoms with Crippen molar-refractivity contribution in [1.82, 2.24) is 24.8 Å². The number of aromatic nitrogens is 3. The van der Waals surface area contributed by atoms with E-state index in [2.05, 4.69) is 35.2 Å². The van der Waals surface area contributed by atoms with Gasteiger partial charge in [-0.05, 0) is 35.9 Å². The van der Waals surface area contributed by atoms with Gasteiger partial charge in [-0.3, -0.25) is 14.7 Å². The first kappa shape index (κ1) is 18.4. The quantitative estimate of drug-likeness (QED) is 0.672. The fraction of sp³-hybridized carbons (Fsp3) is 0.273. The Morgan fingerprint density at radius 2 is 1.93 bits per heavy atom. The molecule has 1 aromatic carbocycles. The molecule has 8 nitrogen and oxygen atoms in total. The van der Waals surface area contributed by atoms with Crippen LogP contribution in [-0.2, 0) is 7.05 Å². The van der Waals surface area contributed by atoms with E-state index in [4.69, 9.17) is 14.9 Å². The lowest BCUT2D eigenvalue weighted by Crippen LogP contribution is -2.42. The number of hydrogen-bond acceptors (Lipinski definition) is 7. The lowest BCUT2D eigenvalue weighted by atomic mass is 9.95. The molecule has 3 aromatic rings. The molecule has 5 rings (SSSR count). The van der Waals surface area contributed by atoms with Gasteiger partial charge in [-0.15, -0.1) is 0 Å². The summed E-state index contributed by atoms with van der Waals surface area (Å²) in [7, 11) is 5.55. The molecule has 2 aliphatic heterocycles. The highest BCUT2D eigenvalue weighted by Crippen LogP contribution is 2.33. The molecular formula is C22H23N7O. The van der Waals surface area contributed by atoms with Crippen LogP contribution in [0.2, 0.25) is 0 Å². The summed E-state index contributed by atoms with van der Waals surface area (Å²) in [6, 6.07) is 8.37. The van der Waals surface area contributed by atoms with E-state index in [1.165, 1.54) is 5.56 Å². The predicted molar refractivity (Wildman–Crippen MR) is 116 cm³/mol. The van der Waals surface area contributed by atoms with Crippen molar-refractivity contribution in [2.45, 2.75) is 19.0 Å². The van der Waals surface area contributed by atoms with Crippen molar-refractivity contribution >= 4 is 22.5 Å². The minimum Gasteiger partial charge on any atom is -0.495 e. The summed E-state index contributed by atoms with van der Waals surface area (Å²) in [6.07, 6.45) is 9.49. The molecule has 2 aliphatic rings. The van der Waals surface area contributed by atoms with Gasteiger partial charge in [0, 0.05) is 37.2 Å². The van der Waals surface area contributed by atoms with Crippen molar-refractivity contribution in [2.75, 3.05) is 14.2 Å². The number of ether oxygens (including phenoxy) is 1. The summed E-state index contributed by atoms with van der Waals surface area (Å²) in [6.45, 7) is 2.20. The number of amidine groups is 1. The first-order valence-electron chi connectivity index (χ1n) is 9.83. The van der Waals surface area contributed by atoms with Gasteiger partial charge in [0.15, 0.2) is 5.84 Å². The molecular weight excluding hydrogens is 378 g/mol. The Kier molecular flexibility index (Phi) is 4.27. The van der Waals surface area contributed by atoms with Crippen molar-refractivity contribution in [3.63, 3.8) is 0 Å². The molecule has 0 aliphatic carbocycles. The fourth-order valence-corrected chi connectivity index (χ4v) is 4.02. The summed E-state index contributed by atoms with van der Waals surface area (Å²) in [5.74, 6) is 1.74. The number of aryl methyl sites for hydroxylation is 1. The van der Waals surface area contributed by atoms with E-state index in [1.807, 2.05) is 54.7 Å². The van der Waals surface area contributed by atoms with Gasteiger partial charge in [0.1, 0.15) is 11.9 Å². The Hall–Kier alpha value is -3.68. The Morgan fingerprint density at radius 3 is 2.70 bits per heavy atom. The Morgan fingerprint density at radius 1 is 1.07 bits per heavy atom. The largest absolute Gasteiger partial charge is 0.495 e. The molecule has 2 aromatic heterocycles. The standard InChI is InChI=1S/C22H23N7O/c1-14(15-5-6-19-16(9-15)10-18(30-4)12-23-19)22-28(3)26-21-8-7-20(25-29(21)22)17-11-24-27(2)13-17/h5-14,22H,1-4H3/t14-,22?/m0/s1. The third kappa shape index (κ3) is 3.01. The Balaban J connectivity index is 1.49. The second-order valence-electron chi connectivity index (χ2n) is 7.63. The van der Waals surface area contributed by atoms with E-state index >= 15 is 0 Å². The summed E-state index contributed by atoms with van der Waals surface area (Å²) in [4.78, 5) is 4.47. The molecule has 0 N–H and O–H groups in total. The van der Waals surface area contributed by atoms with Crippen molar-refractivity contribution < 1.29 is 4.74 Å². The average molecular weight is 401 g/mol. The van der Waals surface area contributed by atoms with Crippen LogP contribution in [0.25, 0.3) is 10.9 Å². The van der Waals surface area contributed by atoms with Gasteiger partial charge in [0.05, 0.1) is 30.7 Å². The van der Waals surface area contributed by atoms with Gasteiger partial charge in [0.25, 0.3) is 0 Å². The van der Waals surface area contributed by atoms with Crippen molar-refractivity contribution in [3.8, 4) is 5.75 Å². The number of methoxy groups -OCH3 is 1. The molecule has 0 saturated carbocycles. The Bertz CT molecular complexity index is 1210. The van der Waals surface area contributed by atoms with Crippen LogP contribution in [0.15, 0.2) is 65.2 Å². The topological polar surface area (TPSA) is 71.1 Å². The molecule has 2 atom stereocenters. The average Bonchev–Trinajstić information content (AvgIpc) is 3.34. The maximum absolute atomic E-state index is 5.34. The number of pyridine rings is 1. The first-order valence-corrected chi connectivity index (χ1v) is 9.83. The third-order valence-corrected chi connectivity index (χ3v) is 5.62. The molecule has 0 amide bonds. The number of nitrogens with zero attached hydrogens (tertiary/aromatic N) is 7. The lowest BCUT2D eigenvalue weighted by Gasteiger charge is -2.32. The number of likely N-dealkylation sites (N-methyl/N-ethyl adjacent to an activating group) is 1. The molecule has 0 radical (unpaired) electrons. The number of fused-ring (bicyclic) bond motifs is 2. The van der Waals surface area contributed by atoms with Crippen molar-refractivity contribution in [1.29, 1.82) is 0 Å². The SMILES string of the molecule is COc1cnc2ccc([C@H](C)C3N(C)N=C4C=CC(c5cnn(C)c5)=NN43)cc2c1. The Labute approximate surface area is 174 Å². The zero-order valence-corrected chi connectivity index (χ0v) is 17.4. The monoisotopic (exact) mass is 401 g/mol. The predicted octanol–water partition coefficient (Wildman–Crippen LogP) is 2.94. The van der Waals surface area contributed by atoms with Gasteiger partial charge >= 0.3 is 0 Å². The number of hydrogen-bond donors (Lipinski definition) is 0. The molecule has 0 saturated heterocycles. The van der Waals surface area contributed by atoms with Crippen LogP contribution >= 0.6 is 0 Å². The summed E-state index contributed by atoms with van der Waals surface area (Å²) in [5, 5.41) is 18.9.